The van der Waals surface area contributed by atoms with Crippen molar-refractivity contribution in [3.05, 3.63) is 53.6 Å². The third-order valence-corrected chi connectivity index (χ3v) is 3.17. The van der Waals surface area contributed by atoms with Gasteiger partial charge in [0.05, 0.1) is 11.6 Å². The Labute approximate surface area is 101 Å². The van der Waals surface area contributed by atoms with Gasteiger partial charge in [-0.05, 0) is 41.3 Å². The van der Waals surface area contributed by atoms with Crippen molar-refractivity contribution in [3.8, 4) is 17.2 Å². The maximum atomic E-state index is 8.94. The summed E-state index contributed by atoms with van der Waals surface area (Å²) in [5.41, 5.74) is 5.67. The molecule has 0 aromatic heterocycles. The summed E-state index contributed by atoms with van der Waals surface area (Å²) in [7, 11) is 0. The normalized spacial score (nSPS) is 12.6. The van der Waals surface area contributed by atoms with Crippen molar-refractivity contribution in [2.24, 2.45) is 0 Å². The first-order valence-electron chi connectivity index (χ1n) is 5.75. The monoisotopic (exact) mass is 220 g/mol. The smallest absolute Gasteiger partial charge is 0.0991 e. The van der Waals surface area contributed by atoms with Crippen LogP contribution in [0.15, 0.2) is 42.5 Å². The van der Waals surface area contributed by atoms with E-state index in [9.17, 15) is 0 Å². The standard InChI is InChI=1S/C15H12N2/c16-10-11-3-1-4-12(9-11)13-5-2-6-15-14(13)7-8-17-15/h1-6,9,17H,7-8H2. The van der Waals surface area contributed by atoms with Gasteiger partial charge in [0, 0.05) is 12.2 Å². The number of anilines is 1. The number of nitrogens with one attached hydrogen (secondary N) is 1. The molecule has 0 fully saturated rings. The van der Waals surface area contributed by atoms with Gasteiger partial charge in [0.2, 0.25) is 0 Å². The van der Waals surface area contributed by atoms with Crippen LogP contribution in [0.5, 0.6) is 0 Å². The molecule has 1 aliphatic rings. The molecule has 2 aromatic rings. The van der Waals surface area contributed by atoms with E-state index in [0.29, 0.717) is 5.56 Å². The molecule has 0 saturated carbocycles. The Bertz CT molecular complexity index is 609. The first-order chi connectivity index (χ1) is 8.38. The van der Waals surface area contributed by atoms with Gasteiger partial charge in [0.15, 0.2) is 0 Å². The van der Waals surface area contributed by atoms with Crippen LogP contribution in [-0.2, 0) is 6.42 Å². The van der Waals surface area contributed by atoms with E-state index < -0.39 is 0 Å². The molecular weight excluding hydrogens is 208 g/mol. The minimum absolute atomic E-state index is 0.714. The molecule has 0 amide bonds. The first kappa shape index (κ1) is 9.92. The average Bonchev–Trinajstić information content (AvgIpc) is 2.87. The van der Waals surface area contributed by atoms with E-state index in [1.165, 1.54) is 16.8 Å². The minimum atomic E-state index is 0.714. The second kappa shape index (κ2) is 3.95. The van der Waals surface area contributed by atoms with Crippen LogP contribution in [0.4, 0.5) is 5.69 Å². The Kier molecular flexibility index (Phi) is 2.31. The minimum Gasteiger partial charge on any atom is -0.384 e. The molecule has 17 heavy (non-hydrogen) atoms. The van der Waals surface area contributed by atoms with Crippen LogP contribution in [0.3, 0.4) is 0 Å². The SMILES string of the molecule is N#Cc1cccc(-c2cccc3c2CCN3)c1. The van der Waals surface area contributed by atoms with Gasteiger partial charge in [-0.3, -0.25) is 0 Å². The molecule has 1 N–H and O–H groups in total. The maximum absolute atomic E-state index is 8.94. The van der Waals surface area contributed by atoms with Crippen LogP contribution in [0.2, 0.25) is 0 Å². The summed E-state index contributed by atoms with van der Waals surface area (Å²) >= 11 is 0. The van der Waals surface area contributed by atoms with Gasteiger partial charge in [0.25, 0.3) is 0 Å². The van der Waals surface area contributed by atoms with Crippen LogP contribution >= 0.6 is 0 Å². The lowest BCUT2D eigenvalue weighted by Gasteiger charge is -2.08. The quantitative estimate of drug-likeness (QED) is 0.801. The average molecular weight is 220 g/mol. The van der Waals surface area contributed by atoms with Crippen LogP contribution in [0.25, 0.3) is 11.1 Å². The Morgan fingerprint density at radius 1 is 1.12 bits per heavy atom. The summed E-state index contributed by atoms with van der Waals surface area (Å²) in [6.07, 6.45) is 1.06. The Balaban J connectivity index is 2.16. The number of hydrogen-bond acceptors (Lipinski definition) is 2. The van der Waals surface area contributed by atoms with Crippen molar-refractivity contribution >= 4 is 5.69 Å². The zero-order chi connectivity index (χ0) is 11.7. The van der Waals surface area contributed by atoms with Crippen molar-refractivity contribution in [2.45, 2.75) is 6.42 Å². The number of benzene rings is 2. The van der Waals surface area contributed by atoms with Crippen molar-refractivity contribution < 1.29 is 0 Å². The molecule has 0 aliphatic carbocycles. The summed E-state index contributed by atoms with van der Waals surface area (Å²) in [6, 6.07) is 16.3. The van der Waals surface area contributed by atoms with Gasteiger partial charge in [-0.25, -0.2) is 0 Å². The predicted octanol–water partition coefficient (Wildman–Crippen LogP) is 3.19. The van der Waals surface area contributed by atoms with Gasteiger partial charge < -0.3 is 5.32 Å². The molecule has 1 aliphatic heterocycles. The van der Waals surface area contributed by atoms with Crippen LogP contribution < -0.4 is 5.32 Å². The van der Waals surface area contributed by atoms with E-state index in [1.54, 1.807) is 0 Å². The highest BCUT2D eigenvalue weighted by atomic mass is 14.9. The fourth-order valence-electron chi connectivity index (χ4n) is 2.37. The van der Waals surface area contributed by atoms with E-state index in [0.717, 1.165) is 18.5 Å². The molecule has 2 nitrogen and oxygen atoms in total. The van der Waals surface area contributed by atoms with Gasteiger partial charge in [-0.15, -0.1) is 0 Å². The summed E-state index contributed by atoms with van der Waals surface area (Å²) in [4.78, 5) is 0. The number of rotatable bonds is 1. The molecule has 0 radical (unpaired) electrons. The fourth-order valence-corrected chi connectivity index (χ4v) is 2.37. The largest absolute Gasteiger partial charge is 0.384 e. The lowest BCUT2D eigenvalue weighted by Crippen LogP contribution is -1.90. The highest BCUT2D eigenvalue weighted by Crippen LogP contribution is 2.32. The molecular formula is C15H12N2. The Hall–Kier alpha value is -2.27. The zero-order valence-electron chi connectivity index (χ0n) is 9.40. The highest BCUT2D eigenvalue weighted by molar-refractivity contribution is 5.76. The molecule has 82 valence electrons. The number of hydrogen-bond donors (Lipinski definition) is 1. The number of fused-ring (bicyclic) bond motifs is 1. The van der Waals surface area contributed by atoms with Crippen LogP contribution in [0.1, 0.15) is 11.1 Å². The van der Waals surface area contributed by atoms with E-state index >= 15 is 0 Å². The first-order valence-corrected chi connectivity index (χ1v) is 5.75. The second-order valence-electron chi connectivity index (χ2n) is 4.20. The zero-order valence-corrected chi connectivity index (χ0v) is 9.40. The molecule has 2 aromatic carbocycles. The van der Waals surface area contributed by atoms with Crippen molar-refractivity contribution in [2.75, 3.05) is 11.9 Å². The second-order valence-corrected chi connectivity index (χ2v) is 4.20. The third-order valence-electron chi connectivity index (χ3n) is 3.17. The topological polar surface area (TPSA) is 35.8 Å². The van der Waals surface area contributed by atoms with E-state index in [2.05, 4.69) is 35.7 Å². The van der Waals surface area contributed by atoms with Crippen molar-refractivity contribution in [1.29, 1.82) is 5.26 Å². The number of nitriles is 1. The van der Waals surface area contributed by atoms with Crippen molar-refractivity contribution in [1.82, 2.24) is 0 Å². The van der Waals surface area contributed by atoms with Gasteiger partial charge in [-0.2, -0.15) is 5.26 Å². The summed E-state index contributed by atoms with van der Waals surface area (Å²) in [6.45, 7) is 1.00. The summed E-state index contributed by atoms with van der Waals surface area (Å²) in [5.74, 6) is 0. The van der Waals surface area contributed by atoms with Crippen LogP contribution in [0, 0.1) is 11.3 Å². The Morgan fingerprint density at radius 2 is 2.00 bits per heavy atom. The fraction of sp³-hybridized carbons (Fsp3) is 0.133. The summed E-state index contributed by atoms with van der Waals surface area (Å²) < 4.78 is 0. The highest BCUT2D eigenvalue weighted by Gasteiger charge is 2.14. The molecule has 0 unspecified atom stereocenters. The van der Waals surface area contributed by atoms with Crippen molar-refractivity contribution in [3.63, 3.8) is 0 Å². The van der Waals surface area contributed by atoms with E-state index in [1.807, 2.05) is 18.2 Å². The lowest BCUT2D eigenvalue weighted by atomic mass is 9.97. The molecule has 0 saturated heterocycles. The third kappa shape index (κ3) is 1.66. The molecule has 0 spiro atoms. The molecule has 1 heterocycles. The lowest BCUT2D eigenvalue weighted by molar-refractivity contribution is 1.11. The predicted molar refractivity (Wildman–Crippen MR) is 68.8 cm³/mol. The van der Waals surface area contributed by atoms with Gasteiger partial charge in [0.1, 0.15) is 0 Å². The van der Waals surface area contributed by atoms with Crippen LogP contribution in [-0.4, -0.2) is 6.54 Å². The summed E-state index contributed by atoms with van der Waals surface area (Å²) in [5, 5.41) is 12.3. The molecule has 0 atom stereocenters. The molecule has 2 heteroatoms. The Morgan fingerprint density at radius 3 is 2.88 bits per heavy atom. The van der Waals surface area contributed by atoms with Gasteiger partial charge in [-0.1, -0.05) is 24.3 Å². The maximum Gasteiger partial charge on any atom is 0.0991 e. The number of nitrogens with zero attached hydrogens (tertiary/aromatic N) is 1. The molecule has 0 bridgehead atoms. The van der Waals surface area contributed by atoms with E-state index in [-0.39, 0.29) is 0 Å². The molecule has 3 rings (SSSR count). The van der Waals surface area contributed by atoms with Gasteiger partial charge >= 0.3 is 0 Å². The van der Waals surface area contributed by atoms with E-state index in [4.69, 9.17) is 5.26 Å².